The first-order valence-electron chi connectivity index (χ1n) is 3.78. The number of hydrogen-bond acceptors (Lipinski definition) is 3. The molecule has 0 aliphatic carbocycles. The van der Waals surface area contributed by atoms with E-state index in [2.05, 4.69) is 9.97 Å². The third-order valence-electron chi connectivity index (χ3n) is 1.88. The molecule has 0 unspecified atom stereocenters. The lowest BCUT2D eigenvalue weighted by Crippen LogP contribution is -2.22. The minimum absolute atomic E-state index is 0.268. The molecule has 0 aliphatic rings. The summed E-state index contributed by atoms with van der Waals surface area (Å²) in [6.07, 6.45) is 3.06. The van der Waals surface area contributed by atoms with Gasteiger partial charge in [-0.2, -0.15) is 0 Å². The van der Waals surface area contributed by atoms with Crippen LogP contribution in [0.2, 0.25) is 0 Å². The van der Waals surface area contributed by atoms with Gasteiger partial charge >= 0.3 is 0 Å². The van der Waals surface area contributed by atoms with Gasteiger partial charge in [0.1, 0.15) is 0 Å². The van der Waals surface area contributed by atoms with Gasteiger partial charge in [0.25, 0.3) is 0 Å². The van der Waals surface area contributed by atoms with Crippen molar-refractivity contribution in [3.63, 3.8) is 0 Å². The van der Waals surface area contributed by atoms with Gasteiger partial charge in [0.15, 0.2) is 0 Å². The smallest absolute Gasteiger partial charge is 0.249 e. The van der Waals surface area contributed by atoms with Gasteiger partial charge in [0, 0.05) is 12.4 Å². The molecule has 0 saturated heterocycles. The van der Waals surface area contributed by atoms with Crippen LogP contribution in [0.3, 0.4) is 0 Å². The Kier molecular flexibility index (Phi) is 1.65. The Hall–Kier alpha value is -1.65. The van der Waals surface area contributed by atoms with Crippen LogP contribution >= 0.6 is 0 Å². The van der Waals surface area contributed by atoms with E-state index >= 15 is 0 Å². The summed E-state index contributed by atoms with van der Waals surface area (Å²) in [6, 6.07) is 1.68. The van der Waals surface area contributed by atoms with Crippen molar-refractivity contribution in [3.8, 4) is 0 Å². The summed E-state index contributed by atoms with van der Waals surface area (Å²) < 4.78 is 1.02. The lowest BCUT2D eigenvalue weighted by Gasteiger charge is -2.03. The molecule has 0 spiro atoms. The molecule has 0 bridgehead atoms. The molecule has 2 rings (SSSR count). The summed E-state index contributed by atoms with van der Waals surface area (Å²) in [5.41, 5.74) is 0.356. The Balaban J connectivity index is 3.03. The molecule has 2 aromatic heterocycles. The summed E-state index contributed by atoms with van der Waals surface area (Å²) in [5.74, 6) is 0.490. The van der Waals surface area contributed by atoms with Crippen molar-refractivity contribution in [1.29, 1.82) is 0 Å². The number of pyridine rings is 1. The number of nitrogens with zero attached hydrogens (tertiary/aromatic N) is 3. The van der Waals surface area contributed by atoms with Crippen LogP contribution in [-0.4, -0.2) is 22.4 Å². The number of fused-ring (bicyclic) bond motifs is 1. The average Bonchev–Trinajstić information content (AvgIpc) is 2.15. The number of hydrogen-bond donors (Lipinski definition) is 0. The molecule has 0 amide bonds. The second kappa shape index (κ2) is 2.69. The van der Waals surface area contributed by atoms with Crippen LogP contribution in [-0.2, 0) is 0 Å². The van der Waals surface area contributed by atoms with E-state index < -0.39 is 0 Å². The maximum Gasteiger partial charge on any atom is 0.249 e. The van der Waals surface area contributed by atoms with E-state index in [0.717, 1.165) is 4.48 Å². The van der Waals surface area contributed by atoms with E-state index in [9.17, 15) is 4.79 Å². The molecule has 0 aliphatic heterocycles. The van der Waals surface area contributed by atoms with E-state index in [1.807, 2.05) is 0 Å². The van der Waals surface area contributed by atoms with Gasteiger partial charge in [-0.25, -0.2) is 4.98 Å². The first-order chi connectivity index (χ1) is 6.20. The van der Waals surface area contributed by atoms with Crippen LogP contribution in [0.1, 0.15) is 5.82 Å². The molecule has 2 heterocycles. The zero-order valence-electron chi connectivity index (χ0n) is 7.06. The largest absolute Gasteiger partial charge is 0.354 e. The van der Waals surface area contributed by atoms with Crippen molar-refractivity contribution in [3.05, 3.63) is 34.6 Å². The highest BCUT2D eigenvalue weighted by atomic mass is 16.1. The number of aryl methyl sites for hydroxylation is 1. The van der Waals surface area contributed by atoms with Crippen molar-refractivity contribution in [2.45, 2.75) is 6.92 Å². The van der Waals surface area contributed by atoms with Crippen LogP contribution < -0.4 is 5.56 Å². The van der Waals surface area contributed by atoms with E-state index in [-0.39, 0.29) is 5.56 Å². The average molecular weight is 171 g/mol. The topological polar surface area (TPSA) is 47.8 Å². The first kappa shape index (κ1) is 7.98. The molecule has 5 heteroatoms. The Labute approximate surface area is 75.7 Å². The molecule has 0 atom stereocenters. The van der Waals surface area contributed by atoms with Crippen LogP contribution in [0.15, 0.2) is 23.3 Å². The summed E-state index contributed by atoms with van der Waals surface area (Å²) in [4.78, 5) is 19.5. The molecule has 62 valence electrons. The third kappa shape index (κ3) is 1.12. The number of rotatable bonds is 0. The lowest BCUT2D eigenvalue weighted by molar-refractivity contribution is 0.983. The van der Waals surface area contributed by atoms with Crippen molar-refractivity contribution in [1.82, 2.24) is 14.4 Å². The highest BCUT2D eigenvalue weighted by molar-refractivity contribution is 6.07. The second-order valence-corrected chi connectivity index (χ2v) is 2.73. The maximum absolute atomic E-state index is 11.5. The van der Waals surface area contributed by atoms with Crippen molar-refractivity contribution >= 4 is 18.9 Å². The maximum atomic E-state index is 11.5. The minimum Gasteiger partial charge on any atom is -0.354 e. The van der Waals surface area contributed by atoms with E-state index in [1.54, 1.807) is 19.2 Å². The van der Waals surface area contributed by atoms with Crippen molar-refractivity contribution < 1.29 is 0 Å². The highest BCUT2D eigenvalue weighted by Gasteiger charge is 2.02. The zero-order chi connectivity index (χ0) is 9.42. The first-order valence-corrected chi connectivity index (χ1v) is 3.78. The Morgan fingerprint density at radius 2 is 2.31 bits per heavy atom. The normalized spacial score (nSPS) is 10.5. The Bertz CT molecular complexity index is 520. The zero-order valence-corrected chi connectivity index (χ0v) is 7.06. The molecule has 0 fully saturated rings. The second-order valence-electron chi connectivity index (χ2n) is 2.73. The monoisotopic (exact) mass is 171 g/mol. The summed E-state index contributed by atoms with van der Waals surface area (Å²) in [6.45, 7) is 1.68. The van der Waals surface area contributed by atoms with Crippen LogP contribution in [0.25, 0.3) is 10.9 Å². The van der Waals surface area contributed by atoms with Gasteiger partial charge in [-0.05, 0) is 13.0 Å². The summed E-state index contributed by atoms with van der Waals surface area (Å²) >= 11 is 0. The van der Waals surface area contributed by atoms with Crippen molar-refractivity contribution in [2.24, 2.45) is 0 Å². The number of aromatic nitrogens is 3. The molecule has 0 aromatic carbocycles. The predicted octanol–water partition coefficient (Wildman–Crippen LogP) is 0.0315. The highest BCUT2D eigenvalue weighted by Crippen LogP contribution is 2.03. The van der Waals surface area contributed by atoms with Gasteiger partial charge < -0.3 is 4.48 Å². The van der Waals surface area contributed by atoms with E-state index in [0.29, 0.717) is 16.7 Å². The van der Waals surface area contributed by atoms with Crippen LogP contribution in [0.5, 0.6) is 0 Å². The van der Waals surface area contributed by atoms with Crippen LogP contribution in [0, 0.1) is 6.92 Å². The van der Waals surface area contributed by atoms with Gasteiger partial charge in [-0.15, -0.1) is 0 Å². The fraction of sp³-hybridized carbons (Fsp3) is 0.125. The predicted molar refractivity (Wildman–Crippen MR) is 49.7 cm³/mol. The summed E-state index contributed by atoms with van der Waals surface area (Å²) in [5, 5.41) is 0.440. The van der Waals surface area contributed by atoms with Gasteiger partial charge in [0.05, 0.1) is 16.7 Å². The fourth-order valence-electron chi connectivity index (χ4n) is 1.15. The van der Waals surface area contributed by atoms with Gasteiger partial charge in [-0.3, -0.25) is 9.78 Å². The Morgan fingerprint density at radius 3 is 3.08 bits per heavy atom. The molecule has 0 saturated carbocycles. The molecule has 2 aromatic rings. The quantitative estimate of drug-likeness (QED) is 0.525. The molecular formula is C8H6BN3O. The molecule has 0 N–H and O–H groups in total. The summed E-state index contributed by atoms with van der Waals surface area (Å²) in [7, 11) is 5.46. The minimum atomic E-state index is -0.268. The van der Waals surface area contributed by atoms with Gasteiger partial charge in [0.2, 0.25) is 13.5 Å². The van der Waals surface area contributed by atoms with Crippen molar-refractivity contribution in [2.75, 3.05) is 0 Å². The van der Waals surface area contributed by atoms with E-state index in [4.69, 9.17) is 7.98 Å². The SMILES string of the molecule is [B]n1c(C)nc2ccncc2c1=O. The lowest BCUT2D eigenvalue weighted by atomic mass is 10.2. The molecule has 2 radical (unpaired) electrons. The molecular weight excluding hydrogens is 165 g/mol. The Morgan fingerprint density at radius 1 is 1.54 bits per heavy atom. The molecule has 13 heavy (non-hydrogen) atoms. The van der Waals surface area contributed by atoms with Gasteiger partial charge in [-0.1, -0.05) is 0 Å². The standard InChI is InChI=1S/C8H6BN3O/c1-5-11-7-2-3-10-4-6(7)8(13)12(5)9/h2-4H,1H3. The molecule has 4 nitrogen and oxygen atoms in total. The van der Waals surface area contributed by atoms with E-state index in [1.165, 1.54) is 6.20 Å². The fourth-order valence-corrected chi connectivity index (χ4v) is 1.15. The third-order valence-corrected chi connectivity index (χ3v) is 1.88. The van der Waals surface area contributed by atoms with Crippen LogP contribution in [0.4, 0.5) is 0 Å².